The minimum Gasteiger partial charge on any atom is -0.505 e. The first-order chi connectivity index (χ1) is 8.93. The summed E-state index contributed by atoms with van der Waals surface area (Å²) in [6.07, 6.45) is -2.31. The molecule has 0 saturated heterocycles. The molecule has 7 heteroatoms. The monoisotopic (exact) mass is 270 g/mol. The first-order valence-corrected chi connectivity index (χ1v) is 5.41. The van der Waals surface area contributed by atoms with E-state index in [-0.39, 0.29) is 12.2 Å². The van der Waals surface area contributed by atoms with Crippen molar-refractivity contribution >= 4 is 5.97 Å². The molecule has 0 amide bonds. The lowest BCUT2D eigenvalue weighted by Gasteiger charge is -2.18. The molecule has 0 bridgehead atoms. The second-order valence-corrected chi connectivity index (χ2v) is 3.65. The first-order valence-electron chi connectivity index (χ1n) is 5.41. The molecule has 1 rings (SSSR count). The van der Waals surface area contributed by atoms with Crippen molar-refractivity contribution in [2.24, 2.45) is 5.73 Å². The van der Waals surface area contributed by atoms with Gasteiger partial charge in [-0.2, -0.15) is 5.26 Å². The quantitative estimate of drug-likeness (QED) is 0.804. The number of aromatic hydroxyl groups is 1. The number of alkyl halides is 1. The fraction of sp³-hybridized carbons (Fsp3) is 0.333. The zero-order valence-corrected chi connectivity index (χ0v) is 10.1. The largest absolute Gasteiger partial charge is 0.505 e. The SMILES string of the molecule is CCOC(=O)C(F)[C@@H](N)c1c(C#N)ccc(F)c1O. The van der Waals surface area contributed by atoms with Crippen LogP contribution in [0.1, 0.15) is 24.1 Å². The van der Waals surface area contributed by atoms with Gasteiger partial charge in [0.15, 0.2) is 11.6 Å². The maximum absolute atomic E-state index is 13.7. The molecule has 0 radical (unpaired) electrons. The first kappa shape index (κ1) is 14.9. The Kier molecular flexibility index (Phi) is 4.78. The van der Waals surface area contributed by atoms with Crippen LogP contribution >= 0.6 is 0 Å². The lowest BCUT2D eigenvalue weighted by molar-refractivity contribution is -0.149. The molecule has 0 aliphatic rings. The number of rotatable bonds is 4. The van der Waals surface area contributed by atoms with Gasteiger partial charge in [0, 0.05) is 5.56 Å². The zero-order valence-electron chi connectivity index (χ0n) is 10.1. The summed E-state index contributed by atoms with van der Waals surface area (Å²) < 4.78 is 31.4. The molecule has 0 saturated carbocycles. The maximum Gasteiger partial charge on any atom is 0.342 e. The number of carbonyl (C=O) groups is 1. The van der Waals surface area contributed by atoms with Crippen molar-refractivity contribution < 1.29 is 23.4 Å². The van der Waals surface area contributed by atoms with Gasteiger partial charge in [-0.1, -0.05) is 0 Å². The van der Waals surface area contributed by atoms with Crippen LogP contribution in [-0.4, -0.2) is 23.9 Å². The number of halogens is 2. The highest BCUT2D eigenvalue weighted by Gasteiger charge is 2.32. The number of hydrogen-bond donors (Lipinski definition) is 2. The van der Waals surface area contributed by atoms with Crippen molar-refractivity contribution in [1.29, 1.82) is 5.26 Å². The minimum absolute atomic E-state index is 0.0494. The summed E-state index contributed by atoms with van der Waals surface area (Å²) in [4.78, 5) is 11.2. The molecule has 0 aliphatic heterocycles. The van der Waals surface area contributed by atoms with Gasteiger partial charge in [-0.25, -0.2) is 13.6 Å². The van der Waals surface area contributed by atoms with E-state index in [0.717, 1.165) is 12.1 Å². The van der Waals surface area contributed by atoms with E-state index >= 15 is 0 Å². The molecule has 0 heterocycles. The van der Waals surface area contributed by atoms with E-state index in [1.165, 1.54) is 6.92 Å². The minimum atomic E-state index is -2.31. The summed E-state index contributed by atoms with van der Waals surface area (Å²) in [6.45, 7) is 1.43. The standard InChI is InChI=1S/C12H12F2N2O3/c1-2-19-12(18)9(14)10(16)8-6(5-15)3-4-7(13)11(8)17/h3-4,9-10,17H,2,16H2,1H3/t9?,10-/m0/s1. The Bertz CT molecular complexity index is 528. The van der Waals surface area contributed by atoms with Crippen LogP contribution in [0.2, 0.25) is 0 Å². The van der Waals surface area contributed by atoms with E-state index in [1.807, 2.05) is 0 Å². The van der Waals surface area contributed by atoms with Crippen molar-refractivity contribution in [3.63, 3.8) is 0 Å². The van der Waals surface area contributed by atoms with E-state index in [0.29, 0.717) is 0 Å². The fourth-order valence-electron chi connectivity index (χ4n) is 1.53. The number of esters is 1. The van der Waals surface area contributed by atoms with E-state index in [4.69, 9.17) is 11.0 Å². The third-order valence-corrected chi connectivity index (χ3v) is 2.45. The van der Waals surface area contributed by atoms with Crippen molar-refractivity contribution in [1.82, 2.24) is 0 Å². The van der Waals surface area contributed by atoms with Gasteiger partial charge >= 0.3 is 5.97 Å². The Labute approximate surface area is 108 Å². The fourth-order valence-corrected chi connectivity index (χ4v) is 1.53. The van der Waals surface area contributed by atoms with E-state index in [1.54, 1.807) is 6.07 Å². The predicted octanol–water partition coefficient (Wildman–Crippen LogP) is 1.30. The van der Waals surface area contributed by atoms with Crippen molar-refractivity contribution in [2.45, 2.75) is 19.1 Å². The summed E-state index contributed by atoms with van der Waals surface area (Å²) in [5, 5.41) is 18.3. The molecule has 2 atom stereocenters. The van der Waals surface area contributed by atoms with Gasteiger partial charge < -0.3 is 15.6 Å². The molecule has 1 unspecified atom stereocenters. The third kappa shape index (κ3) is 2.98. The molecule has 1 aromatic rings. The summed E-state index contributed by atoms with van der Waals surface area (Å²) in [5.41, 5.74) is 4.80. The summed E-state index contributed by atoms with van der Waals surface area (Å²) in [6, 6.07) is 1.85. The number of nitrogens with two attached hydrogens (primary N) is 1. The highest BCUT2D eigenvalue weighted by atomic mass is 19.1. The Morgan fingerprint density at radius 3 is 2.79 bits per heavy atom. The lowest BCUT2D eigenvalue weighted by Crippen LogP contribution is -2.32. The van der Waals surface area contributed by atoms with Gasteiger partial charge in [-0.3, -0.25) is 0 Å². The molecular formula is C12H12F2N2O3. The number of phenols is 1. The molecule has 1 aromatic carbocycles. The molecule has 0 fully saturated rings. The van der Waals surface area contributed by atoms with Gasteiger partial charge in [0.2, 0.25) is 6.17 Å². The molecule has 3 N–H and O–H groups in total. The number of nitriles is 1. The van der Waals surface area contributed by atoms with Gasteiger partial charge in [-0.05, 0) is 19.1 Å². The molecule has 0 aliphatic carbocycles. The normalized spacial score (nSPS) is 13.4. The van der Waals surface area contributed by atoms with E-state index < -0.39 is 35.3 Å². The number of carbonyl (C=O) groups excluding carboxylic acids is 1. The number of nitrogens with zero attached hydrogens (tertiary/aromatic N) is 1. The molecular weight excluding hydrogens is 258 g/mol. The van der Waals surface area contributed by atoms with Crippen LogP contribution in [0, 0.1) is 17.1 Å². The molecule has 102 valence electrons. The zero-order chi connectivity index (χ0) is 14.6. The number of benzene rings is 1. The van der Waals surface area contributed by atoms with Crippen LogP contribution < -0.4 is 5.73 Å². The van der Waals surface area contributed by atoms with Crippen molar-refractivity contribution in [3.05, 3.63) is 29.1 Å². The summed E-state index contributed by atoms with van der Waals surface area (Å²) in [7, 11) is 0. The van der Waals surface area contributed by atoms with Crippen molar-refractivity contribution in [2.75, 3.05) is 6.61 Å². The van der Waals surface area contributed by atoms with E-state index in [2.05, 4.69) is 4.74 Å². The van der Waals surface area contributed by atoms with Crippen LogP contribution in [0.5, 0.6) is 5.75 Å². The van der Waals surface area contributed by atoms with Crippen molar-refractivity contribution in [3.8, 4) is 11.8 Å². The second-order valence-electron chi connectivity index (χ2n) is 3.65. The molecule has 0 spiro atoms. The van der Waals surface area contributed by atoms with Crippen LogP contribution in [0.15, 0.2) is 12.1 Å². The topological polar surface area (TPSA) is 96.3 Å². The smallest absolute Gasteiger partial charge is 0.342 e. The summed E-state index contributed by atoms with van der Waals surface area (Å²) >= 11 is 0. The Hall–Kier alpha value is -2.20. The molecule has 0 aromatic heterocycles. The highest BCUT2D eigenvalue weighted by Crippen LogP contribution is 2.32. The lowest BCUT2D eigenvalue weighted by atomic mass is 9.96. The van der Waals surface area contributed by atoms with Crippen LogP contribution in [0.3, 0.4) is 0 Å². The second kappa shape index (κ2) is 6.11. The van der Waals surface area contributed by atoms with Gasteiger partial charge in [0.25, 0.3) is 0 Å². The van der Waals surface area contributed by atoms with Gasteiger partial charge in [0.1, 0.15) is 0 Å². The molecule has 19 heavy (non-hydrogen) atoms. The van der Waals surface area contributed by atoms with Crippen LogP contribution in [-0.2, 0) is 9.53 Å². The Balaban J connectivity index is 3.19. The average molecular weight is 270 g/mol. The maximum atomic E-state index is 13.7. The predicted molar refractivity (Wildman–Crippen MR) is 61.2 cm³/mol. The Morgan fingerprint density at radius 2 is 2.26 bits per heavy atom. The van der Waals surface area contributed by atoms with Gasteiger partial charge in [0.05, 0.1) is 24.3 Å². The number of ether oxygens (including phenoxy) is 1. The van der Waals surface area contributed by atoms with Crippen LogP contribution in [0.25, 0.3) is 0 Å². The van der Waals surface area contributed by atoms with Gasteiger partial charge in [-0.15, -0.1) is 0 Å². The highest BCUT2D eigenvalue weighted by molar-refractivity contribution is 5.76. The van der Waals surface area contributed by atoms with Crippen LogP contribution in [0.4, 0.5) is 8.78 Å². The molecule has 5 nitrogen and oxygen atoms in total. The number of hydrogen-bond acceptors (Lipinski definition) is 5. The Morgan fingerprint density at radius 1 is 1.63 bits per heavy atom. The summed E-state index contributed by atoms with van der Waals surface area (Å²) in [5.74, 6) is -3.23. The van der Waals surface area contributed by atoms with E-state index in [9.17, 15) is 18.7 Å². The third-order valence-electron chi connectivity index (χ3n) is 2.45. The average Bonchev–Trinajstić information content (AvgIpc) is 2.40. The number of phenolic OH excluding ortho intramolecular Hbond substituents is 1.